The molecule has 0 radical (unpaired) electrons. The maximum absolute atomic E-state index is 12.8. The summed E-state index contributed by atoms with van der Waals surface area (Å²) in [4.78, 5) is 30.9. The molecular weight excluding hydrogens is 424 g/mol. The molecule has 0 bridgehead atoms. The minimum absolute atomic E-state index is 0.0519. The summed E-state index contributed by atoms with van der Waals surface area (Å²) in [6, 6.07) is 15.3. The van der Waals surface area contributed by atoms with Crippen molar-refractivity contribution in [3.05, 3.63) is 59.7 Å². The molecule has 1 fully saturated rings. The highest BCUT2D eigenvalue weighted by Crippen LogP contribution is 2.27. The molecule has 32 heavy (non-hydrogen) atoms. The van der Waals surface area contributed by atoms with E-state index in [9.17, 15) is 9.59 Å². The van der Waals surface area contributed by atoms with Gasteiger partial charge in [0.1, 0.15) is 5.52 Å². The highest BCUT2D eigenvalue weighted by molar-refractivity contribution is 7.98. The first kappa shape index (κ1) is 22.4. The minimum Gasteiger partial charge on any atom is -0.431 e. The Hall–Kier alpha value is -2.84. The second-order valence-corrected chi connectivity index (χ2v) is 8.97. The number of fused-ring (bicyclic) bond motifs is 1. The molecule has 2 heterocycles. The van der Waals surface area contributed by atoms with Gasteiger partial charge in [-0.15, -0.1) is 0 Å². The predicted octanol–water partition coefficient (Wildman–Crippen LogP) is 3.44. The van der Waals surface area contributed by atoms with E-state index < -0.39 is 0 Å². The van der Waals surface area contributed by atoms with E-state index in [4.69, 9.17) is 10.2 Å². The average molecular weight is 453 g/mol. The van der Waals surface area contributed by atoms with Gasteiger partial charge in [0.2, 0.25) is 5.91 Å². The molecule has 2 aromatic carbocycles. The van der Waals surface area contributed by atoms with Crippen LogP contribution in [0.25, 0.3) is 11.1 Å². The van der Waals surface area contributed by atoms with Gasteiger partial charge in [-0.2, -0.15) is 0 Å². The number of thioether (sulfide) groups is 1. The van der Waals surface area contributed by atoms with Gasteiger partial charge in [-0.25, -0.2) is 4.98 Å². The fourth-order valence-corrected chi connectivity index (χ4v) is 4.85. The standard InChI is InChI=1S/C24H28N4O3S/c25-22(29)17-8-5-13-28(15-17)14-6-12-26-23(30)19-9-2-1-7-18(19)16-32-24-27-20-10-3-4-11-21(20)31-24/h1-4,7,9-11,17H,5-6,8,12-16H2,(H2,25,29)(H,26,30). The van der Waals surface area contributed by atoms with Crippen molar-refractivity contribution in [1.82, 2.24) is 15.2 Å². The van der Waals surface area contributed by atoms with Crippen LogP contribution in [0.2, 0.25) is 0 Å². The molecule has 8 heteroatoms. The monoisotopic (exact) mass is 452 g/mol. The van der Waals surface area contributed by atoms with Gasteiger partial charge in [0, 0.05) is 24.4 Å². The number of oxazole rings is 1. The summed E-state index contributed by atoms with van der Waals surface area (Å²) in [5.74, 6) is 0.255. The number of nitrogens with zero attached hydrogens (tertiary/aromatic N) is 2. The van der Waals surface area contributed by atoms with E-state index in [1.165, 1.54) is 11.8 Å². The molecule has 3 aromatic rings. The van der Waals surface area contributed by atoms with Crippen molar-refractivity contribution in [2.24, 2.45) is 11.7 Å². The summed E-state index contributed by atoms with van der Waals surface area (Å²) in [5, 5.41) is 3.62. The maximum Gasteiger partial charge on any atom is 0.257 e. The number of nitrogens with one attached hydrogen (secondary N) is 1. The molecule has 1 aromatic heterocycles. The van der Waals surface area contributed by atoms with Gasteiger partial charge in [-0.3, -0.25) is 9.59 Å². The summed E-state index contributed by atoms with van der Waals surface area (Å²) in [6.45, 7) is 3.13. The number of carbonyl (C=O) groups excluding carboxylic acids is 2. The Balaban J connectivity index is 1.27. The Morgan fingerprint density at radius 1 is 1.19 bits per heavy atom. The van der Waals surface area contributed by atoms with Crippen molar-refractivity contribution in [1.29, 1.82) is 0 Å². The normalized spacial score (nSPS) is 16.8. The number of para-hydroxylation sites is 2. The molecular formula is C24H28N4O3S. The molecule has 168 valence electrons. The molecule has 2 amide bonds. The van der Waals surface area contributed by atoms with Gasteiger partial charge in [0.15, 0.2) is 5.58 Å². The van der Waals surface area contributed by atoms with Crippen molar-refractivity contribution in [2.45, 2.75) is 30.2 Å². The van der Waals surface area contributed by atoms with Crippen LogP contribution in [0.4, 0.5) is 0 Å². The number of rotatable bonds is 9. The summed E-state index contributed by atoms with van der Waals surface area (Å²) in [6.07, 6.45) is 2.70. The number of nitrogens with two attached hydrogens (primary N) is 1. The molecule has 1 aliphatic heterocycles. The molecule has 0 aliphatic carbocycles. The number of benzene rings is 2. The van der Waals surface area contributed by atoms with E-state index in [0.29, 0.717) is 23.1 Å². The number of carbonyl (C=O) groups is 2. The molecule has 0 saturated carbocycles. The first-order chi connectivity index (χ1) is 15.6. The fraction of sp³-hybridized carbons (Fsp3) is 0.375. The van der Waals surface area contributed by atoms with Crippen LogP contribution >= 0.6 is 11.8 Å². The third kappa shape index (κ3) is 5.69. The lowest BCUT2D eigenvalue weighted by Crippen LogP contribution is -2.42. The van der Waals surface area contributed by atoms with Gasteiger partial charge >= 0.3 is 0 Å². The van der Waals surface area contributed by atoms with Gasteiger partial charge < -0.3 is 20.4 Å². The SMILES string of the molecule is NC(=O)C1CCCN(CCCNC(=O)c2ccccc2CSc2nc3ccccc3o2)C1. The first-order valence-electron chi connectivity index (χ1n) is 11.0. The summed E-state index contributed by atoms with van der Waals surface area (Å²) in [5.41, 5.74) is 8.65. The second kappa shape index (κ2) is 10.7. The molecule has 3 N–H and O–H groups in total. The summed E-state index contributed by atoms with van der Waals surface area (Å²) < 4.78 is 5.77. The smallest absolute Gasteiger partial charge is 0.257 e. The van der Waals surface area contributed by atoms with Gasteiger partial charge in [-0.1, -0.05) is 42.1 Å². The molecule has 0 spiro atoms. The lowest BCUT2D eigenvalue weighted by molar-refractivity contribution is -0.123. The molecule has 1 aliphatic rings. The van der Waals surface area contributed by atoms with Crippen molar-refractivity contribution in [3.63, 3.8) is 0 Å². The number of aromatic nitrogens is 1. The van der Waals surface area contributed by atoms with Crippen molar-refractivity contribution >= 4 is 34.7 Å². The average Bonchev–Trinajstić information content (AvgIpc) is 3.24. The zero-order valence-electron chi connectivity index (χ0n) is 18.0. The zero-order chi connectivity index (χ0) is 22.3. The van der Waals surface area contributed by atoms with E-state index in [1.807, 2.05) is 48.5 Å². The lowest BCUT2D eigenvalue weighted by atomic mass is 9.97. The number of hydrogen-bond acceptors (Lipinski definition) is 6. The lowest BCUT2D eigenvalue weighted by Gasteiger charge is -2.31. The Labute approximate surface area is 191 Å². The van der Waals surface area contributed by atoms with E-state index in [-0.39, 0.29) is 17.7 Å². The molecule has 4 rings (SSSR count). The van der Waals surface area contributed by atoms with Crippen LogP contribution in [0.3, 0.4) is 0 Å². The fourth-order valence-electron chi connectivity index (χ4n) is 4.01. The second-order valence-electron chi connectivity index (χ2n) is 8.04. The van der Waals surface area contributed by atoms with Crippen molar-refractivity contribution < 1.29 is 14.0 Å². The van der Waals surface area contributed by atoms with Crippen molar-refractivity contribution in [2.75, 3.05) is 26.2 Å². The molecule has 1 atom stereocenters. The first-order valence-corrected chi connectivity index (χ1v) is 11.9. The van der Waals surface area contributed by atoms with Crippen LogP contribution < -0.4 is 11.1 Å². The number of piperidine rings is 1. The Morgan fingerprint density at radius 2 is 2.00 bits per heavy atom. The van der Waals surface area contributed by atoms with E-state index >= 15 is 0 Å². The highest BCUT2D eigenvalue weighted by atomic mass is 32.2. The van der Waals surface area contributed by atoms with Gasteiger partial charge in [0.05, 0.1) is 5.92 Å². The van der Waals surface area contributed by atoms with Gasteiger partial charge in [-0.05, 0) is 56.1 Å². The Bertz CT molecular complexity index is 1050. The largest absolute Gasteiger partial charge is 0.431 e. The Kier molecular flexibility index (Phi) is 7.44. The number of hydrogen-bond donors (Lipinski definition) is 2. The third-order valence-corrected chi connectivity index (χ3v) is 6.61. The quantitative estimate of drug-likeness (QED) is 0.381. The van der Waals surface area contributed by atoms with Crippen LogP contribution in [-0.4, -0.2) is 47.9 Å². The molecule has 1 saturated heterocycles. The zero-order valence-corrected chi connectivity index (χ0v) is 18.8. The van der Waals surface area contributed by atoms with E-state index in [1.54, 1.807) is 0 Å². The van der Waals surface area contributed by atoms with E-state index in [0.717, 1.165) is 55.6 Å². The van der Waals surface area contributed by atoms with Crippen LogP contribution in [0.1, 0.15) is 35.2 Å². The number of likely N-dealkylation sites (tertiary alicyclic amines) is 1. The van der Waals surface area contributed by atoms with Crippen molar-refractivity contribution in [3.8, 4) is 0 Å². The van der Waals surface area contributed by atoms with Gasteiger partial charge in [0.25, 0.3) is 11.1 Å². The molecule has 1 unspecified atom stereocenters. The summed E-state index contributed by atoms with van der Waals surface area (Å²) >= 11 is 1.48. The maximum atomic E-state index is 12.8. The highest BCUT2D eigenvalue weighted by Gasteiger charge is 2.23. The van der Waals surface area contributed by atoms with E-state index in [2.05, 4.69) is 15.2 Å². The Morgan fingerprint density at radius 3 is 2.84 bits per heavy atom. The summed E-state index contributed by atoms with van der Waals surface area (Å²) in [7, 11) is 0. The molecule has 7 nitrogen and oxygen atoms in total. The van der Waals surface area contributed by atoms with Crippen LogP contribution in [-0.2, 0) is 10.5 Å². The number of primary amides is 1. The third-order valence-electron chi connectivity index (χ3n) is 5.73. The minimum atomic E-state index is -0.213. The van der Waals surface area contributed by atoms with Crippen LogP contribution in [0.15, 0.2) is 58.2 Å². The van der Waals surface area contributed by atoms with Crippen LogP contribution in [0.5, 0.6) is 0 Å². The topological polar surface area (TPSA) is 101 Å². The van der Waals surface area contributed by atoms with Crippen LogP contribution in [0, 0.1) is 5.92 Å². The predicted molar refractivity (Wildman–Crippen MR) is 125 cm³/mol. The number of amides is 2.